The zero-order chi connectivity index (χ0) is 14.4. The highest BCUT2D eigenvalue weighted by atomic mass is 35.5. The fourth-order valence-electron chi connectivity index (χ4n) is 2.68. The standard InChI is InChI=1S/C16H23ClN2O/c1-13-5-2-3-11-19(13)12-4-10-18-16(20)14-6-8-15(17)9-7-14/h6-9,13H,2-5,10-12H2,1H3,(H,18,20). The van der Waals surface area contributed by atoms with Crippen molar-refractivity contribution in [3.05, 3.63) is 34.9 Å². The van der Waals surface area contributed by atoms with Crippen molar-refractivity contribution in [3.63, 3.8) is 0 Å². The van der Waals surface area contributed by atoms with Gasteiger partial charge in [-0.15, -0.1) is 0 Å². The van der Waals surface area contributed by atoms with Gasteiger partial charge < -0.3 is 10.2 Å². The van der Waals surface area contributed by atoms with Crippen LogP contribution in [-0.2, 0) is 0 Å². The Hall–Kier alpha value is -1.06. The SMILES string of the molecule is CC1CCCCN1CCCNC(=O)c1ccc(Cl)cc1. The maximum absolute atomic E-state index is 11.9. The summed E-state index contributed by atoms with van der Waals surface area (Å²) >= 11 is 5.81. The van der Waals surface area contributed by atoms with Crippen LogP contribution in [0.15, 0.2) is 24.3 Å². The Morgan fingerprint density at radius 1 is 1.35 bits per heavy atom. The van der Waals surface area contributed by atoms with Crippen molar-refractivity contribution in [1.82, 2.24) is 10.2 Å². The van der Waals surface area contributed by atoms with Gasteiger partial charge in [0.25, 0.3) is 5.91 Å². The summed E-state index contributed by atoms with van der Waals surface area (Å²) in [5.41, 5.74) is 0.667. The van der Waals surface area contributed by atoms with E-state index in [1.807, 2.05) is 0 Å². The van der Waals surface area contributed by atoms with E-state index < -0.39 is 0 Å². The van der Waals surface area contributed by atoms with E-state index >= 15 is 0 Å². The Morgan fingerprint density at radius 2 is 2.10 bits per heavy atom. The first-order valence-corrected chi connectivity index (χ1v) is 7.82. The second-order valence-corrected chi connectivity index (χ2v) is 5.93. The first-order chi connectivity index (χ1) is 9.66. The van der Waals surface area contributed by atoms with E-state index in [0.717, 1.165) is 19.5 Å². The van der Waals surface area contributed by atoms with Crippen molar-refractivity contribution in [2.45, 2.75) is 38.6 Å². The summed E-state index contributed by atoms with van der Waals surface area (Å²) in [5.74, 6) is -0.0200. The van der Waals surface area contributed by atoms with Gasteiger partial charge in [-0.25, -0.2) is 0 Å². The summed E-state index contributed by atoms with van der Waals surface area (Å²) in [6, 6.07) is 7.68. The van der Waals surface area contributed by atoms with Crippen LogP contribution < -0.4 is 5.32 Å². The van der Waals surface area contributed by atoms with Crippen LogP contribution in [-0.4, -0.2) is 36.5 Å². The van der Waals surface area contributed by atoms with Crippen LogP contribution in [0.3, 0.4) is 0 Å². The third-order valence-corrected chi connectivity index (χ3v) is 4.21. The molecule has 0 bridgehead atoms. The lowest BCUT2D eigenvalue weighted by Gasteiger charge is -2.33. The van der Waals surface area contributed by atoms with Gasteiger partial charge in [-0.05, 0) is 57.0 Å². The van der Waals surface area contributed by atoms with Crippen molar-refractivity contribution in [2.75, 3.05) is 19.6 Å². The molecular weight excluding hydrogens is 272 g/mol. The molecule has 1 aromatic carbocycles. The second-order valence-electron chi connectivity index (χ2n) is 5.50. The van der Waals surface area contributed by atoms with Gasteiger partial charge in [-0.1, -0.05) is 18.0 Å². The van der Waals surface area contributed by atoms with Crippen molar-refractivity contribution in [2.24, 2.45) is 0 Å². The summed E-state index contributed by atoms with van der Waals surface area (Å²) in [6.45, 7) is 5.30. The average Bonchev–Trinajstić information content (AvgIpc) is 2.46. The first-order valence-electron chi connectivity index (χ1n) is 7.44. The van der Waals surface area contributed by atoms with Crippen molar-refractivity contribution in [3.8, 4) is 0 Å². The van der Waals surface area contributed by atoms with Crippen LogP contribution in [0.5, 0.6) is 0 Å². The Kier molecular flexibility index (Phi) is 5.86. The molecule has 3 nitrogen and oxygen atoms in total. The molecule has 20 heavy (non-hydrogen) atoms. The van der Waals surface area contributed by atoms with Crippen molar-refractivity contribution < 1.29 is 4.79 Å². The summed E-state index contributed by atoms with van der Waals surface area (Å²) in [6.07, 6.45) is 4.97. The van der Waals surface area contributed by atoms with E-state index in [-0.39, 0.29) is 5.91 Å². The number of likely N-dealkylation sites (tertiary alicyclic amines) is 1. The van der Waals surface area contributed by atoms with Crippen LogP contribution in [0.4, 0.5) is 0 Å². The number of piperidine rings is 1. The molecule has 1 unspecified atom stereocenters. The number of carbonyl (C=O) groups excluding carboxylic acids is 1. The minimum Gasteiger partial charge on any atom is -0.352 e. The normalized spacial score (nSPS) is 19.8. The molecule has 1 aliphatic heterocycles. The highest BCUT2D eigenvalue weighted by molar-refractivity contribution is 6.30. The van der Waals surface area contributed by atoms with E-state index in [0.29, 0.717) is 16.6 Å². The zero-order valence-corrected chi connectivity index (χ0v) is 12.8. The number of benzene rings is 1. The van der Waals surface area contributed by atoms with E-state index in [1.54, 1.807) is 24.3 Å². The Bertz CT molecular complexity index is 433. The number of nitrogens with one attached hydrogen (secondary N) is 1. The molecule has 2 rings (SSSR count). The zero-order valence-electron chi connectivity index (χ0n) is 12.1. The molecule has 0 aromatic heterocycles. The highest BCUT2D eigenvalue weighted by Crippen LogP contribution is 2.16. The van der Waals surface area contributed by atoms with E-state index in [4.69, 9.17) is 11.6 Å². The van der Waals surface area contributed by atoms with Crippen LogP contribution in [0.1, 0.15) is 43.0 Å². The Morgan fingerprint density at radius 3 is 2.80 bits per heavy atom. The molecule has 1 aliphatic rings. The molecule has 4 heteroatoms. The molecule has 0 radical (unpaired) electrons. The quantitative estimate of drug-likeness (QED) is 0.845. The topological polar surface area (TPSA) is 32.3 Å². The van der Waals surface area contributed by atoms with E-state index in [9.17, 15) is 4.79 Å². The van der Waals surface area contributed by atoms with Gasteiger partial charge in [0.15, 0.2) is 0 Å². The third kappa shape index (κ3) is 4.50. The lowest BCUT2D eigenvalue weighted by atomic mass is 10.0. The van der Waals surface area contributed by atoms with Gasteiger partial charge in [0.05, 0.1) is 0 Å². The molecule has 1 amide bonds. The van der Waals surface area contributed by atoms with Crippen LogP contribution >= 0.6 is 11.6 Å². The molecule has 1 atom stereocenters. The number of rotatable bonds is 5. The highest BCUT2D eigenvalue weighted by Gasteiger charge is 2.17. The molecule has 1 fully saturated rings. The molecule has 0 aliphatic carbocycles. The number of nitrogens with zero attached hydrogens (tertiary/aromatic N) is 1. The number of hydrogen-bond donors (Lipinski definition) is 1. The minimum atomic E-state index is -0.0200. The van der Waals surface area contributed by atoms with Gasteiger partial charge in [0.1, 0.15) is 0 Å². The van der Waals surface area contributed by atoms with Crippen molar-refractivity contribution >= 4 is 17.5 Å². The second kappa shape index (κ2) is 7.65. The maximum Gasteiger partial charge on any atom is 0.251 e. The number of amides is 1. The number of halogens is 1. The molecular formula is C16H23ClN2O. The van der Waals surface area contributed by atoms with Crippen LogP contribution in [0.25, 0.3) is 0 Å². The molecule has 110 valence electrons. The predicted octanol–water partition coefficient (Wildman–Crippen LogP) is 3.33. The lowest BCUT2D eigenvalue weighted by molar-refractivity contribution is 0.0949. The molecule has 1 N–H and O–H groups in total. The van der Waals surface area contributed by atoms with Gasteiger partial charge >= 0.3 is 0 Å². The van der Waals surface area contributed by atoms with Gasteiger partial charge in [-0.2, -0.15) is 0 Å². The maximum atomic E-state index is 11.9. The Balaban J connectivity index is 1.67. The van der Waals surface area contributed by atoms with Crippen molar-refractivity contribution in [1.29, 1.82) is 0 Å². The van der Waals surface area contributed by atoms with Gasteiger partial charge in [0.2, 0.25) is 0 Å². The summed E-state index contributed by atoms with van der Waals surface area (Å²) < 4.78 is 0. The van der Waals surface area contributed by atoms with E-state index in [2.05, 4.69) is 17.1 Å². The molecule has 0 spiro atoms. The monoisotopic (exact) mass is 294 g/mol. The van der Waals surface area contributed by atoms with Gasteiger partial charge in [0, 0.05) is 29.7 Å². The number of hydrogen-bond acceptors (Lipinski definition) is 2. The molecule has 1 saturated heterocycles. The number of carbonyl (C=O) groups is 1. The first kappa shape index (κ1) is 15.3. The smallest absolute Gasteiger partial charge is 0.251 e. The summed E-state index contributed by atoms with van der Waals surface area (Å²) in [4.78, 5) is 14.4. The third-order valence-electron chi connectivity index (χ3n) is 3.95. The Labute approximate surface area is 126 Å². The predicted molar refractivity (Wildman–Crippen MR) is 83.3 cm³/mol. The summed E-state index contributed by atoms with van der Waals surface area (Å²) in [5, 5.41) is 3.62. The molecule has 1 heterocycles. The van der Waals surface area contributed by atoms with Crippen LogP contribution in [0, 0.1) is 0 Å². The lowest BCUT2D eigenvalue weighted by Crippen LogP contribution is -2.39. The average molecular weight is 295 g/mol. The largest absolute Gasteiger partial charge is 0.352 e. The molecule has 1 aromatic rings. The fraction of sp³-hybridized carbons (Fsp3) is 0.562. The van der Waals surface area contributed by atoms with Gasteiger partial charge in [-0.3, -0.25) is 4.79 Å². The van der Waals surface area contributed by atoms with Crippen LogP contribution in [0.2, 0.25) is 5.02 Å². The minimum absolute atomic E-state index is 0.0200. The molecule has 0 saturated carbocycles. The fourth-order valence-corrected chi connectivity index (χ4v) is 2.80. The van der Waals surface area contributed by atoms with E-state index in [1.165, 1.54) is 25.8 Å². The summed E-state index contributed by atoms with van der Waals surface area (Å²) in [7, 11) is 0.